The molecule has 0 spiro atoms. The number of carbonyl (C=O) groups excluding carboxylic acids is 1. The summed E-state index contributed by atoms with van der Waals surface area (Å²) in [7, 11) is 0. The van der Waals surface area contributed by atoms with Gasteiger partial charge in [0.15, 0.2) is 6.61 Å². The van der Waals surface area contributed by atoms with E-state index in [2.05, 4.69) is 5.32 Å². The number of aliphatic carboxylic acids is 1. The Labute approximate surface area is 97.0 Å². The SMILES string of the molecule is CC(=O)Nc1cc(Cl)ccc1OCC(=O)O. The summed E-state index contributed by atoms with van der Waals surface area (Å²) in [5, 5.41) is 11.4. The summed E-state index contributed by atoms with van der Waals surface area (Å²) in [5.41, 5.74) is 0.348. The first-order valence-corrected chi connectivity index (χ1v) is 4.78. The van der Waals surface area contributed by atoms with E-state index < -0.39 is 12.6 Å². The third-order valence-corrected chi connectivity index (χ3v) is 1.84. The van der Waals surface area contributed by atoms with Crippen LogP contribution < -0.4 is 10.1 Å². The van der Waals surface area contributed by atoms with Gasteiger partial charge in [-0.25, -0.2) is 4.79 Å². The molecule has 1 aromatic rings. The van der Waals surface area contributed by atoms with Gasteiger partial charge in [0, 0.05) is 11.9 Å². The van der Waals surface area contributed by atoms with Gasteiger partial charge in [-0.1, -0.05) is 11.6 Å². The number of carbonyl (C=O) groups is 2. The molecule has 0 aliphatic rings. The highest BCUT2D eigenvalue weighted by molar-refractivity contribution is 6.31. The standard InChI is InChI=1S/C10H10ClNO4/c1-6(13)12-8-4-7(11)2-3-9(8)16-5-10(14)15/h2-4H,5H2,1H3,(H,12,13)(H,14,15). The van der Waals surface area contributed by atoms with Crippen LogP contribution in [0, 0.1) is 0 Å². The minimum absolute atomic E-state index is 0.266. The molecule has 1 rings (SSSR count). The second kappa shape index (κ2) is 5.37. The van der Waals surface area contributed by atoms with Crippen LogP contribution in [0.4, 0.5) is 5.69 Å². The molecule has 5 nitrogen and oxygen atoms in total. The third-order valence-electron chi connectivity index (χ3n) is 1.60. The summed E-state index contributed by atoms with van der Waals surface area (Å²) in [6.45, 7) is 0.857. The number of halogens is 1. The van der Waals surface area contributed by atoms with Gasteiger partial charge in [0.1, 0.15) is 5.75 Å². The van der Waals surface area contributed by atoms with E-state index in [0.29, 0.717) is 10.7 Å². The Kier molecular flexibility index (Phi) is 4.13. The van der Waals surface area contributed by atoms with Crippen LogP contribution in [0.3, 0.4) is 0 Å². The van der Waals surface area contributed by atoms with Crippen molar-refractivity contribution in [1.82, 2.24) is 0 Å². The van der Waals surface area contributed by atoms with Gasteiger partial charge in [-0.15, -0.1) is 0 Å². The van der Waals surface area contributed by atoms with Gasteiger partial charge in [0.25, 0.3) is 0 Å². The smallest absolute Gasteiger partial charge is 0.341 e. The highest BCUT2D eigenvalue weighted by Gasteiger charge is 2.07. The predicted molar refractivity (Wildman–Crippen MR) is 58.9 cm³/mol. The maximum atomic E-state index is 10.9. The van der Waals surface area contributed by atoms with Crippen molar-refractivity contribution in [3.05, 3.63) is 23.2 Å². The van der Waals surface area contributed by atoms with Crippen LogP contribution in [-0.2, 0) is 9.59 Å². The van der Waals surface area contributed by atoms with Crippen LogP contribution in [0.15, 0.2) is 18.2 Å². The van der Waals surface area contributed by atoms with Crippen molar-refractivity contribution < 1.29 is 19.4 Å². The molecule has 6 heteroatoms. The number of hydrogen-bond donors (Lipinski definition) is 2. The Morgan fingerprint density at radius 2 is 2.19 bits per heavy atom. The van der Waals surface area contributed by atoms with E-state index in [0.717, 1.165) is 0 Å². The largest absolute Gasteiger partial charge is 0.480 e. The molecule has 0 unspecified atom stereocenters. The molecule has 16 heavy (non-hydrogen) atoms. The number of nitrogens with one attached hydrogen (secondary N) is 1. The van der Waals surface area contributed by atoms with Crippen molar-refractivity contribution in [3.8, 4) is 5.75 Å². The summed E-state index contributed by atoms with van der Waals surface area (Å²) >= 11 is 5.74. The second-order valence-electron chi connectivity index (χ2n) is 3.00. The van der Waals surface area contributed by atoms with Crippen molar-refractivity contribution in [3.63, 3.8) is 0 Å². The summed E-state index contributed by atoms with van der Waals surface area (Å²) in [6.07, 6.45) is 0. The van der Waals surface area contributed by atoms with Gasteiger partial charge < -0.3 is 15.2 Å². The molecule has 86 valence electrons. The lowest BCUT2D eigenvalue weighted by Crippen LogP contribution is -2.12. The molecule has 0 saturated heterocycles. The van der Waals surface area contributed by atoms with E-state index in [1.54, 1.807) is 6.07 Å². The zero-order valence-electron chi connectivity index (χ0n) is 8.49. The summed E-state index contributed by atoms with van der Waals surface area (Å²) in [4.78, 5) is 21.2. The van der Waals surface area contributed by atoms with E-state index in [1.165, 1.54) is 19.1 Å². The van der Waals surface area contributed by atoms with Crippen molar-refractivity contribution in [2.75, 3.05) is 11.9 Å². The quantitative estimate of drug-likeness (QED) is 0.845. The Hall–Kier alpha value is -1.75. The first kappa shape index (κ1) is 12.3. The fourth-order valence-electron chi connectivity index (χ4n) is 1.05. The highest BCUT2D eigenvalue weighted by atomic mass is 35.5. The maximum Gasteiger partial charge on any atom is 0.341 e. The van der Waals surface area contributed by atoms with Gasteiger partial charge in [0.05, 0.1) is 5.69 Å². The molecule has 2 N–H and O–H groups in total. The number of hydrogen-bond acceptors (Lipinski definition) is 3. The van der Waals surface area contributed by atoms with Crippen LogP contribution in [-0.4, -0.2) is 23.6 Å². The molecular weight excluding hydrogens is 234 g/mol. The van der Waals surface area contributed by atoms with Gasteiger partial charge in [-0.05, 0) is 18.2 Å². The molecule has 0 bridgehead atoms. The summed E-state index contributed by atoms with van der Waals surface area (Å²) < 4.78 is 4.98. The molecule has 0 radical (unpaired) electrons. The Balaban J connectivity index is 2.88. The van der Waals surface area contributed by atoms with Crippen molar-refractivity contribution in [2.45, 2.75) is 6.92 Å². The van der Waals surface area contributed by atoms with Crippen molar-refractivity contribution >= 4 is 29.2 Å². The van der Waals surface area contributed by atoms with E-state index in [1.807, 2.05) is 0 Å². The highest BCUT2D eigenvalue weighted by Crippen LogP contribution is 2.27. The Bertz CT molecular complexity index is 419. The molecule has 0 fully saturated rings. The van der Waals surface area contributed by atoms with Crippen LogP contribution in [0.2, 0.25) is 5.02 Å². The number of rotatable bonds is 4. The molecule has 0 atom stereocenters. The number of ether oxygens (including phenoxy) is 1. The number of carboxylic acids is 1. The predicted octanol–water partition coefficient (Wildman–Crippen LogP) is 1.76. The minimum Gasteiger partial charge on any atom is -0.480 e. The first-order valence-electron chi connectivity index (χ1n) is 4.41. The fraction of sp³-hybridized carbons (Fsp3) is 0.200. The topological polar surface area (TPSA) is 75.6 Å². The number of anilines is 1. The fourth-order valence-corrected chi connectivity index (χ4v) is 1.23. The van der Waals surface area contributed by atoms with Crippen molar-refractivity contribution in [2.24, 2.45) is 0 Å². The van der Waals surface area contributed by atoms with E-state index >= 15 is 0 Å². The molecule has 0 aliphatic heterocycles. The first-order chi connectivity index (χ1) is 7.49. The van der Waals surface area contributed by atoms with Gasteiger partial charge in [-0.2, -0.15) is 0 Å². The van der Waals surface area contributed by atoms with Crippen molar-refractivity contribution in [1.29, 1.82) is 0 Å². The third kappa shape index (κ3) is 3.78. The van der Waals surface area contributed by atoms with Crippen LogP contribution in [0.1, 0.15) is 6.92 Å². The molecular formula is C10H10ClNO4. The van der Waals surface area contributed by atoms with Gasteiger partial charge in [0.2, 0.25) is 5.91 Å². The lowest BCUT2D eigenvalue weighted by molar-refractivity contribution is -0.139. The second-order valence-corrected chi connectivity index (χ2v) is 3.44. The van der Waals surface area contributed by atoms with Crippen LogP contribution in [0.5, 0.6) is 5.75 Å². The van der Waals surface area contributed by atoms with Crippen LogP contribution in [0.25, 0.3) is 0 Å². The monoisotopic (exact) mass is 243 g/mol. The lowest BCUT2D eigenvalue weighted by Gasteiger charge is -2.10. The average molecular weight is 244 g/mol. The van der Waals surface area contributed by atoms with E-state index in [-0.39, 0.29) is 11.7 Å². The molecule has 1 amide bonds. The van der Waals surface area contributed by atoms with Gasteiger partial charge in [-0.3, -0.25) is 4.79 Å². The minimum atomic E-state index is -1.09. The number of carboxylic acid groups (broad SMARTS) is 1. The molecule has 1 aromatic carbocycles. The number of benzene rings is 1. The normalized spacial score (nSPS) is 9.62. The number of amides is 1. The molecule has 0 saturated carbocycles. The Morgan fingerprint density at radius 3 is 2.75 bits per heavy atom. The summed E-state index contributed by atoms with van der Waals surface area (Å²) in [5.74, 6) is -1.12. The zero-order chi connectivity index (χ0) is 12.1. The molecule has 0 aromatic heterocycles. The lowest BCUT2D eigenvalue weighted by atomic mass is 10.3. The van der Waals surface area contributed by atoms with E-state index in [4.69, 9.17) is 21.4 Å². The Morgan fingerprint density at radius 1 is 1.50 bits per heavy atom. The average Bonchev–Trinajstić information content (AvgIpc) is 2.15. The molecule has 0 heterocycles. The van der Waals surface area contributed by atoms with E-state index in [9.17, 15) is 9.59 Å². The van der Waals surface area contributed by atoms with Gasteiger partial charge >= 0.3 is 5.97 Å². The van der Waals surface area contributed by atoms with Crippen LogP contribution >= 0.6 is 11.6 Å². The zero-order valence-corrected chi connectivity index (χ0v) is 9.25. The maximum absolute atomic E-state index is 10.9. The summed E-state index contributed by atoms with van der Waals surface area (Å²) in [6, 6.07) is 4.53. The molecule has 0 aliphatic carbocycles.